The van der Waals surface area contributed by atoms with Crippen LogP contribution in [0.1, 0.15) is 23.2 Å². The molecule has 0 aliphatic carbocycles. The number of methoxy groups -OCH3 is 1. The Labute approximate surface area is 132 Å². The molecule has 5 heteroatoms. The Bertz CT molecular complexity index is 471. The van der Waals surface area contributed by atoms with E-state index in [1.165, 1.54) is 0 Å². The number of hydrogen-bond acceptors (Lipinski definition) is 5. The normalized spacial score (nSPS) is 16.5. The molecule has 0 atom stereocenters. The Morgan fingerprint density at radius 1 is 1.18 bits per heavy atom. The molecule has 0 saturated carbocycles. The van der Waals surface area contributed by atoms with E-state index in [0.29, 0.717) is 23.7 Å². The maximum Gasteiger partial charge on any atom is 0.171 e. The van der Waals surface area contributed by atoms with Gasteiger partial charge in [0.15, 0.2) is 17.8 Å². The first-order valence-corrected chi connectivity index (χ1v) is 7.90. The molecular weight excluding hydrogens is 280 g/mol. The molecule has 0 N–H and O–H groups in total. The molecule has 2 rings (SSSR count). The molecule has 5 nitrogen and oxygen atoms in total. The van der Waals surface area contributed by atoms with Crippen LogP contribution in [0.4, 0.5) is 0 Å². The lowest BCUT2D eigenvalue weighted by Gasteiger charge is -2.32. The number of aldehydes is 1. The lowest BCUT2D eigenvalue weighted by atomic mass is 10.2. The second-order valence-corrected chi connectivity index (χ2v) is 5.70. The molecule has 122 valence electrons. The van der Waals surface area contributed by atoms with Crippen molar-refractivity contribution < 1.29 is 14.3 Å². The lowest BCUT2D eigenvalue weighted by Crippen LogP contribution is -2.44. The van der Waals surface area contributed by atoms with Crippen LogP contribution >= 0.6 is 0 Å². The SMILES string of the molecule is COc1cccc(C=O)c1OCCCCN1CCN(C)CC1. The molecule has 0 amide bonds. The smallest absolute Gasteiger partial charge is 0.171 e. The van der Waals surface area contributed by atoms with Crippen LogP contribution in [0.15, 0.2) is 18.2 Å². The van der Waals surface area contributed by atoms with Gasteiger partial charge in [-0.3, -0.25) is 4.79 Å². The monoisotopic (exact) mass is 306 g/mol. The van der Waals surface area contributed by atoms with E-state index < -0.39 is 0 Å². The maximum absolute atomic E-state index is 11.1. The third-order valence-electron chi connectivity index (χ3n) is 4.07. The molecule has 1 fully saturated rings. The van der Waals surface area contributed by atoms with Crippen LogP contribution in [-0.2, 0) is 0 Å². The van der Waals surface area contributed by atoms with Gasteiger partial charge >= 0.3 is 0 Å². The summed E-state index contributed by atoms with van der Waals surface area (Å²) in [6.45, 7) is 6.33. The molecule has 0 radical (unpaired) electrons. The molecule has 1 aliphatic rings. The number of piperazine rings is 1. The number of para-hydroxylation sites is 1. The first-order chi connectivity index (χ1) is 10.7. The minimum absolute atomic E-state index is 0.540. The molecule has 1 heterocycles. The molecule has 1 saturated heterocycles. The second kappa shape index (κ2) is 8.76. The first-order valence-electron chi connectivity index (χ1n) is 7.90. The van der Waals surface area contributed by atoms with Gasteiger partial charge in [0.25, 0.3) is 0 Å². The number of nitrogens with zero attached hydrogens (tertiary/aromatic N) is 2. The topological polar surface area (TPSA) is 42.0 Å². The van der Waals surface area contributed by atoms with Gasteiger partial charge in [-0.05, 0) is 38.6 Å². The number of unbranched alkanes of at least 4 members (excludes halogenated alkanes) is 1. The van der Waals surface area contributed by atoms with Crippen molar-refractivity contribution in [2.24, 2.45) is 0 Å². The average Bonchev–Trinajstić information content (AvgIpc) is 2.56. The summed E-state index contributed by atoms with van der Waals surface area (Å²) in [6, 6.07) is 5.35. The van der Waals surface area contributed by atoms with Gasteiger partial charge in [-0.2, -0.15) is 0 Å². The number of benzene rings is 1. The Morgan fingerprint density at radius 3 is 2.64 bits per heavy atom. The summed E-state index contributed by atoms with van der Waals surface area (Å²) in [5, 5.41) is 0. The zero-order valence-corrected chi connectivity index (χ0v) is 13.6. The Hall–Kier alpha value is -1.59. The van der Waals surface area contributed by atoms with E-state index in [1.807, 2.05) is 6.07 Å². The highest BCUT2D eigenvalue weighted by Crippen LogP contribution is 2.30. The van der Waals surface area contributed by atoms with Gasteiger partial charge in [-0.15, -0.1) is 0 Å². The van der Waals surface area contributed by atoms with Crippen molar-refractivity contribution >= 4 is 6.29 Å². The Morgan fingerprint density at radius 2 is 1.95 bits per heavy atom. The largest absolute Gasteiger partial charge is 0.493 e. The van der Waals surface area contributed by atoms with Crippen molar-refractivity contribution in [1.29, 1.82) is 0 Å². The number of carbonyl (C=O) groups is 1. The molecule has 1 aromatic rings. The fourth-order valence-electron chi connectivity index (χ4n) is 2.62. The first kappa shape index (κ1) is 16.8. The highest BCUT2D eigenvalue weighted by molar-refractivity contribution is 5.81. The van der Waals surface area contributed by atoms with E-state index in [1.54, 1.807) is 19.2 Å². The predicted molar refractivity (Wildman–Crippen MR) is 87.0 cm³/mol. The molecule has 1 aromatic carbocycles. The van der Waals surface area contributed by atoms with E-state index in [0.717, 1.165) is 51.9 Å². The highest BCUT2D eigenvalue weighted by Gasteiger charge is 2.13. The summed E-state index contributed by atoms with van der Waals surface area (Å²) >= 11 is 0. The summed E-state index contributed by atoms with van der Waals surface area (Å²) in [7, 11) is 3.76. The maximum atomic E-state index is 11.1. The van der Waals surface area contributed by atoms with Gasteiger partial charge < -0.3 is 19.3 Å². The standard InChI is InChI=1S/C17H26N2O3/c1-18-9-11-19(12-10-18)8-3-4-13-22-17-15(14-20)6-5-7-16(17)21-2/h5-7,14H,3-4,8-13H2,1-2H3. The van der Waals surface area contributed by atoms with Crippen LogP contribution in [0.3, 0.4) is 0 Å². The zero-order valence-electron chi connectivity index (χ0n) is 13.6. The summed E-state index contributed by atoms with van der Waals surface area (Å²) in [5.41, 5.74) is 0.540. The Kier molecular flexibility index (Phi) is 6.68. The molecule has 0 unspecified atom stereocenters. The molecule has 0 aromatic heterocycles. The minimum atomic E-state index is 0.540. The van der Waals surface area contributed by atoms with Crippen molar-refractivity contribution in [3.8, 4) is 11.5 Å². The van der Waals surface area contributed by atoms with Crippen molar-refractivity contribution in [1.82, 2.24) is 9.80 Å². The van der Waals surface area contributed by atoms with Gasteiger partial charge in [-0.25, -0.2) is 0 Å². The highest BCUT2D eigenvalue weighted by atomic mass is 16.5. The van der Waals surface area contributed by atoms with Crippen molar-refractivity contribution in [2.75, 3.05) is 53.5 Å². The van der Waals surface area contributed by atoms with Gasteiger partial charge in [0.1, 0.15) is 0 Å². The summed E-state index contributed by atoms with van der Waals surface area (Å²) in [6.07, 6.45) is 2.89. The van der Waals surface area contributed by atoms with E-state index in [2.05, 4.69) is 16.8 Å². The van der Waals surface area contributed by atoms with Crippen molar-refractivity contribution in [2.45, 2.75) is 12.8 Å². The quantitative estimate of drug-likeness (QED) is 0.542. The van der Waals surface area contributed by atoms with Crippen LogP contribution in [0.5, 0.6) is 11.5 Å². The summed E-state index contributed by atoms with van der Waals surface area (Å²) in [4.78, 5) is 15.9. The third kappa shape index (κ3) is 4.71. The molecule has 0 spiro atoms. The number of ether oxygens (including phenoxy) is 2. The fraction of sp³-hybridized carbons (Fsp3) is 0.588. The average molecular weight is 306 g/mol. The molecule has 22 heavy (non-hydrogen) atoms. The van der Waals surface area contributed by atoms with Gasteiger partial charge in [-0.1, -0.05) is 6.07 Å². The Balaban J connectivity index is 1.71. The van der Waals surface area contributed by atoms with Gasteiger partial charge in [0, 0.05) is 26.2 Å². The summed E-state index contributed by atoms with van der Waals surface area (Å²) < 4.78 is 11.0. The van der Waals surface area contributed by atoms with E-state index in [9.17, 15) is 4.79 Å². The molecular formula is C17H26N2O3. The van der Waals surface area contributed by atoms with Crippen LogP contribution in [-0.4, -0.2) is 69.6 Å². The van der Waals surface area contributed by atoms with Gasteiger partial charge in [0.2, 0.25) is 0 Å². The van der Waals surface area contributed by atoms with Crippen LogP contribution in [0.2, 0.25) is 0 Å². The second-order valence-electron chi connectivity index (χ2n) is 5.70. The van der Waals surface area contributed by atoms with Crippen molar-refractivity contribution in [3.05, 3.63) is 23.8 Å². The van der Waals surface area contributed by atoms with Crippen LogP contribution in [0.25, 0.3) is 0 Å². The predicted octanol–water partition coefficient (Wildman–Crippen LogP) is 1.91. The minimum Gasteiger partial charge on any atom is -0.493 e. The lowest BCUT2D eigenvalue weighted by molar-refractivity contribution is 0.111. The molecule has 1 aliphatic heterocycles. The number of likely N-dealkylation sites (N-methyl/N-ethyl adjacent to an activating group) is 1. The van der Waals surface area contributed by atoms with Crippen LogP contribution in [0, 0.1) is 0 Å². The van der Waals surface area contributed by atoms with E-state index >= 15 is 0 Å². The van der Waals surface area contributed by atoms with E-state index in [-0.39, 0.29) is 0 Å². The number of rotatable bonds is 8. The third-order valence-corrected chi connectivity index (χ3v) is 4.07. The molecule has 0 bridgehead atoms. The van der Waals surface area contributed by atoms with E-state index in [4.69, 9.17) is 9.47 Å². The zero-order chi connectivity index (χ0) is 15.8. The summed E-state index contributed by atoms with van der Waals surface area (Å²) in [5.74, 6) is 1.17. The number of carbonyl (C=O) groups excluding carboxylic acids is 1. The van der Waals surface area contributed by atoms with Gasteiger partial charge in [0.05, 0.1) is 19.3 Å². The van der Waals surface area contributed by atoms with Crippen molar-refractivity contribution in [3.63, 3.8) is 0 Å². The van der Waals surface area contributed by atoms with Crippen LogP contribution < -0.4 is 9.47 Å². The fourth-order valence-corrected chi connectivity index (χ4v) is 2.62. The number of hydrogen-bond donors (Lipinski definition) is 0.